The molecule has 8 heteroatoms. The summed E-state index contributed by atoms with van der Waals surface area (Å²) in [5.74, 6) is -2.93. The first-order chi connectivity index (χ1) is 11.6. The van der Waals surface area contributed by atoms with Gasteiger partial charge in [0.2, 0.25) is 0 Å². The van der Waals surface area contributed by atoms with Crippen LogP contribution in [0.2, 0.25) is 0 Å². The average Bonchev–Trinajstić information content (AvgIpc) is 2.60. The van der Waals surface area contributed by atoms with Crippen LogP contribution in [-0.4, -0.2) is 42.1 Å². The summed E-state index contributed by atoms with van der Waals surface area (Å²) < 4.78 is 0. The number of carboxylic acid groups (broad SMARTS) is 2. The summed E-state index contributed by atoms with van der Waals surface area (Å²) in [5.41, 5.74) is 0.0488. The number of carboxylic acids is 2. The second-order valence-corrected chi connectivity index (χ2v) is 5.03. The van der Waals surface area contributed by atoms with Crippen LogP contribution in [0, 0.1) is 0 Å². The number of carbonyl (C=O) groups is 2. The summed E-state index contributed by atoms with van der Waals surface area (Å²) in [4.78, 5) is 39.3. The summed E-state index contributed by atoms with van der Waals surface area (Å²) in [6.07, 6.45) is 3.11. The van der Waals surface area contributed by atoms with Gasteiger partial charge in [0.05, 0.1) is 11.0 Å². The van der Waals surface area contributed by atoms with E-state index in [0.717, 1.165) is 10.8 Å². The van der Waals surface area contributed by atoms with E-state index in [9.17, 15) is 19.8 Å². The molecule has 0 radical (unpaired) electrons. The number of fused-ring (bicyclic) bond motifs is 6. The van der Waals surface area contributed by atoms with E-state index in [1.807, 2.05) is 12.1 Å². The van der Waals surface area contributed by atoms with Crippen molar-refractivity contribution < 1.29 is 19.8 Å². The highest BCUT2D eigenvalue weighted by Gasteiger charge is 2.23. The minimum absolute atomic E-state index is 0.208. The molecule has 0 amide bonds. The molecule has 0 saturated heterocycles. The van der Waals surface area contributed by atoms with Crippen LogP contribution >= 0.6 is 0 Å². The van der Waals surface area contributed by atoms with E-state index in [0.29, 0.717) is 11.0 Å². The number of hydrogen-bond donors (Lipinski definition) is 2. The Bertz CT molecular complexity index is 1080. The molecule has 24 heavy (non-hydrogen) atoms. The van der Waals surface area contributed by atoms with Gasteiger partial charge in [-0.2, -0.15) is 0 Å². The van der Waals surface area contributed by atoms with Crippen LogP contribution in [-0.2, 0) is 0 Å². The molecule has 116 valence electrons. The van der Waals surface area contributed by atoms with E-state index in [2.05, 4.69) is 19.9 Å². The van der Waals surface area contributed by atoms with Crippen molar-refractivity contribution in [2.75, 3.05) is 0 Å². The summed E-state index contributed by atoms with van der Waals surface area (Å²) in [6.45, 7) is 0. The smallest absolute Gasteiger partial charge is 0.357 e. The molecule has 0 unspecified atom stereocenters. The third-order valence-electron chi connectivity index (χ3n) is 3.66. The van der Waals surface area contributed by atoms with Gasteiger partial charge >= 0.3 is 11.9 Å². The van der Waals surface area contributed by atoms with Crippen LogP contribution in [0.4, 0.5) is 0 Å². The second kappa shape index (κ2) is 4.92. The fourth-order valence-electron chi connectivity index (χ4n) is 2.69. The highest BCUT2D eigenvalue weighted by molar-refractivity contribution is 6.21. The Kier molecular flexibility index (Phi) is 2.86. The lowest BCUT2D eigenvalue weighted by Gasteiger charge is -2.09. The topological polar surface area (TPSA) is 126 Å². The Balaban J connectivity index is 2.33. The van der Waals surface area contributed by atoms with E-state index in [1.165, 1.54) is 0 Å². The summed E-state index contributed by atoms with van der Waals surface area (Å²) >= 11 is 0. The SMILES string of the molecule is O=C(O)c1nc2c3ncccc3c3cccnc3c2nc1C(=O)O. The number of aromatic carboxylic acids is 2. The Morgan fingerprint density at radius 1 is 0.708 bits per heavy atom. The fourth-order valence-corrected chi connectivity index (χ4v) is 2.69. The van der Waals surface area contributed by atoms with Crippen LogP contribution in [0.25, 0.3) is 32.8 Å². The third-order valence-corrected chi connectivity index (χ3v) is 3.66. The molecule has 4 aromatic rings. The molecule has 0 aliphatic rings. The third kappa shape index (κ3) is 1.86. The number of benzene rings is 1. The van der Waals surface area contributed by atoms with Gasteiger partial charge in [0.1, 0.15) is 11.0 Å². The Morgan fingerprint density at radius 3 is 1.50 bits per heavy atom. The molecule has 0 aliphatic carbocycles. The minimum Gasteiger partial charge on any atom is -0.476 e. The molecule has 0 fully saturated rings. The predicted molar refractivity (Wildman–Crippen MR) is 84.1 cm³/mol. The molecule has 0 bridgehead atoms. The second-order valence-electron chi connectivity index (χ2n) is 5.03. The van der Waals surface area contributed by atoms with E-state index in [-0.39, 0.29) is 11.0 Å². The number of hydrogen-bond acceptors (Lipinski definition) is 6. The Labute approximate surface area is 133 Å². The molecule has 0 aliphatic heterocycles. The van der Waals surface area contributed by atoms with Gasteiger partial charge < -0.3 is 10.2 Å². The van der Waals surface area contributed by atoms with Gasteiger partial charge in [-0.25, -0.2) is 19.6 Å². The van der Waals surface area contributed by atoms with Crippen molar-refractivity contribution in [3.05, 3.63) is 48.0 Å². The zero-order valence-corrected chi connectivity index (χ0v) is 12.0. The normalized spacial score (nSPS) is 11.2. The molecular formula is C16H8N4O4. The Morgan fingerprint density at radius 2 is 1.12 bits per heavy atom. The summed E-state index contributed by atoms with van der Waals surface area (Å²) in [5, 5.41) is 20.0. The maximum absolute atomic E-state index is 11.4. The first-order valence-corrected chi connectivity index (χ1v) is 6.87. The molecule has 8 nitrogen and oxygen atoms in total. The van der Waals surface area contributed by atoms with Crippen LogP contribution in [0.15, 0.2) is 36.7 Å². The van der Waals surface area contributed by atoms with Crippen LogP contribution < -0.4 is 0 Å². The average molecular weight is 320 g/mol. The molecule has 4 rings (SSSR count). The van der Waals surface area contributed by atoms with Crippen molar-refractivity contribution >= 4 is 44.8 Å². The maximum Gasteiger partial charge on any atom is 0.357 e. The van der Waals surface area contributed by atoms with Gasteiger partial charge in [0.15, 0.2) is 11.4 Å². The fraction of sp³-hybridized carbons (Fsp3) is 0. The molecule has 2 N–H and O–H groups in total. The summed E-state index contributed by atoms with van der Waals surface area (Å²) in [6, 6.07) is 7.13. The lowest BCUT2D eigenvalue weighted by Crippen LogP contribution is -2.13. The monoisotopic (exact) mass is 320 g/mol. The van der Waals surface area contributed by atoms with Crippen LogP contribution in [0.3, 0.4) is 0 Å². The van der Waals surface area contributed by atoms with Crippen molar-refractivity contribution in [3.63, 3.8) is 0 Å². The maximum atomic E-state index is 11.4. The molecule has 0 atom stereocenters. The molecule has 1 aromatic carbocycles. The Hall–Kier alpha value is -3.68. The van der Waals surface area contributed by atoms with Gasteiger partial charge in [0, 0.05) is 23.2 Å². The highest BCUT2D eigenvalue weighted by Crippen LogP contribution is 2.31. The molecule has 0 saturated carbocycles. The van der Waals surface area contributed by atoms with Crippen molar-refractivity contribution in [1.29, 1.82) is 0 Å². The van der Waals surface area contributed by atoms with E-state index < -0.39 is 23.3 Å². The number of rotatable bonds is 2. The highest BCUT2D eigenvalue weighted by atomic mass is 16.4. The molecular weight excluding hydrogens is 312 g/mol. The number of aromatic nitrogens is 4. The van der Waals surface area contributed by atoms with Crippen molar-refractivity contribution in [2.24, 2.45) is 0 Å². The zero-order chi connectivity index (χ0) is 16.8. The first kappa shape index (κ1) is 13.9. The summed E-state index contributed by atoms with van der Waals surface area (Å²) in [7, 11) is 0. The predicted octanol–water partition coefficient (Wildman–Crippen LogP) is 2.12. The standard InChI is InChI=1S/C16H8N4O4/c21-15(22)13-14(16(23)24)20-12-10-8(4-2-6-18-10)7-3-1-5-17-9(7)11(12)19-13/h1-6H,(H,21,22)(H,23,24). The lowest BCUT2D eigenvalue weighted by molar-refractivity contribution is 0.0642. The van der Waals surface area contributed by atoms with Gasteiger partial charge in [-0.1, -0.05) is 12.1 Å². The van der Waals surface area contributed by atoms with Gasteiger partial charge in [0.25, 0.3) is 0 Å². The van der Waals surface area contributed by atoms with Crippen LogP contribution in [0.5, 0.6) is 0 Å². The van der Waals surface area contributed by atoms with Gasteiger partial charge in [-0.05, 0) is 12.1 Å². The van der Waals surface area contributed by atoms with Gasteiger partial charge in [-0.15, -0.1) is 0 Å². The van der Waals surface area contributed by atoms with Gasteiger partial charge in [-0.3, -0.25) is 9.97 Å². The zero-order valence-electron chi connectivity index (χ0n) is 12.0. The molecule has 3 heterocycles. The first-order valence-electron chi connectivity index (χ1n) is 6.87. The largest absolute Gasteiger partial charge is 0.476 e. The molecule has 0 spiro atoms. The minimum atomic E-state index is -1.47. The number of nitrogens with zero attached hydrogens (tertiary/aromatic N) is 4. The van der Waals surface area contributed by atoms with E-state index in [1.54, 1.807) is 24.5 Å². The van der Waals surface area contributed by atoms with Crippen molar-refractivity contribution in [2.45, 2.75) is 0 Å². The van der Waals surface area contributed by atoms with Crippen molar-refractivity contribution in [1.82, 2.24) is 19.9 Å². The lowest BCUT2D eigenvalue weighted by atomic mass is 10.1. The van der Waals surface area contributed by atoms with E-state index >= 15 is 0 Å². The number of pyridine rings is 2. The quantitative estimate of drug-likeness (QED) is 0.538. The molecule has 3 aromatic heterocycles. The van der Waals surface area contributed by atoms with Crippen molar-refractivity contribution in [3.8, 4) is 0 Å². The van der Waals surface area contributed by atoms with Crippen LogP contribution in [0.1, 0.15) is 21.0 Å². The van der Waals surface area contributed by atoms with E-state index in [4.69, 9.17) is 0 Å².